The number of ether oxygens (including phenoxy) is 1. The first-order valence-corrected chi connectivity index (χ1v) is 8.25. The van der Waals surface area contributed by atoms with E-state index < -0.39 is 0 Å². The van der Waals surface area contributed by atoms with Crippen molar-refractivity contribution in [2.75, 3.05) is 19.7 Å². The van der Waals surface area contributed by atoms with Gasteiger partial charge in [-0.1, -0.05) is 19.3 Å². The zero-order chi connectivity index (χ0) is 15.5. The molecule has 21 heavy (non-hydrogen) atoms. The van der Waals surface area contributed by atoms with Crippen molar-refractivity contribution in [3.63, 3.8) is 0 Å². The minimum Gasteiger partial charge on any atom is -0.397 e. The molecule has 1 heterocycles. The smallest absolute Gasteiger partial charge is 0.154 e. The number of aliphatic hydroxyl groups excluding tert-OH is 1. The molecule has 2 fully saturated rings. The van der Waals surface area contributed by atoms with Crippen LogP contribution in [0.1, 0.15) is 58.3 Å². The van der Waals surface area contributed by atoms with Crippen LogP contribution in [0.2, 0.25) is 0 Å². The summed E-state index contributed by atoms with van der Waals surface area (Å²) in [5.74, 6) is 0.667. The molecule has 0 radical (unpaired) electrons. The lowest BCUT2D eigenvalue weighted by Crippen LogP contribution is -2.32. The van der Waals surface area contributed by atoms with E-state index in [0.29, 0.717) is 18.4 Å². The Bertz CT molecular complexity index is 298. The van der Waals surface area contributed by atoms with Crippen molar-refractivity contribution in [1.29, 1.82) is 5.41 Å². The van der Waals surface area contributed by atoms with Gasteiger partial charge in [-0.25, -0.2) is 0 Å². The number of nitrogens with one attached hydrogen (secondary N) is 1. The Morgan fingerprint density at radius 2 is 1.86 bits per heavy atom. The Morgan fingerprint density at radius 3 is 2.38 bits per heavy atom. The summed E-state index contributed by atoms with van der Waals surface area (Å²) in [6, 6.07) is 0. The second kappa shape index (κ2) is 10.7. The maximum Gasteiger partial charge on any atom is 0.154 e. The summed E-state index contributed by atoms with van der Waals surface area (Å²) in [7, 11) is 0. The van der Waals surface area contributed by atoms with Crippen LogP contribution in [0.3, 0.4) is 0 Å². The normalized spacial score (nSPS) is 20.6. The van der Waals surface area contributed by atoms with Gasteiger partial charge in [0.25, 0.3) is 0 Å². The molecular weight excluding hydrogens is 266 g/mol. The SMILES string of the molecule is C=NC(CC(=N)N1CCCC1)OC1CCCCC1.CCO. The lowest BCUT2D eigenvalue weighted by molar-refractivity contribution is -0.0222. The van der Waals surface area contributed by atoms with Gasteiger partial charge in [0, 0.05) is 19.7 Å². The van der Waals surface area contributed by atoms with Crippen molar-refractivity contribution in [3.8, 4) is 0 Å². The molecule has 1 saturated carbocycles. The maximum absolute atomic E-state index is 8.10. The molecule has 1 saturated heterocycles. The molecule has 5 nitrogen and oxygen atoms in total. The largest absolute Gasteiger partial charge is 0.397 e. The summed E-state index contributed by atoms with van der Waals surface area (Å²) >= 11 is 0. The van der Waals surface area contributed by atoms with Gasteiger partial charge >= 0.3 is 0 Å². The summed E-state index contributed by atoms with van der Waals surface area (Å²) < 4.78 is 5.97. The summed E-state index contributed by atoms with van der Waals surface area (Å²) in [5.41, 5.74) is 0. The summed E-state index contributed by atoms with van der Waals surface area (Å²) in [5, 5.41) is 15.7. The van der Waals surface area contributed by atoms with E-state index in [4.69, 9.17) is 15.3 Å². The van der Waals surface area contributed by atoms with Gasteiger partial charge in [-0.05, 0) is 39.3 Å². The topological polar surface area (TPSA) is 68.9 Å². The quantitative estimate of drug-likeness (QED) is 0.605. The lowest BCUT2D eigenvalue weighted by Gasteiger charge is -2.27. The van der Waals surface area contributed by atoms with Gasteiger partial charge in [-0.2, -0.15) is 0 Å². The van der Waals surface area contributed by atoms with Crippen LogP contribution >= 0.6 is 0 Å². The highest BCUT2D eigenvalue weighted by atomic mass is 16.5. The molecule has 1 unspecified atom stereocenters. The van der Waals surface area contributed by atoms with Crippen LogP contribution in [0.15, 0.2) is 4.99 Å². The van der Waals surface area contributed by atoms with Crippen LogP contribution in [-0.4, -0.2) is 54.6 Å². The van der Waals surface area contributed by atoms with Gasteiger partial charge in [-0.15, -0.1) is 0 Å². The molecule has 1 atom stereocenters. The fourth-order valence-corrected chi connectivity index (χ4v) is 2.86. The van der Waals surface area contributed by atoms with Gasteiger partial charge < -0.3 is 14.7 Å². The van der Waals surface area contributed by atoms with Crippen LogP contribution in [0.25, 0.3) is 0 Å². The number of nitrogens with zero attached hydrogens (tertiary/aromatic N) is 2. The molecule has 0 bridgehead atoms. The minimum atomic E-state index is -0.221. The van der Waals surface area contributed by atoms with Crippen molar-refractivity contribution >= 4 is 12.6 Å². The second-order valence-corrected chi connectivity index (χ2v) is 5.69. The van der Waals surface area contributed by atoms with Crippen molar-refractivity contribution in [3.05, 3.63) is 0 Å². The van der Waals surface area contributed by atoms with E-state index in [0.717, 1.165) is 25.9 Å². The monoisotopic (exact) mass is 297 g/mol. The Morgan fingerprint density at radius 1 is 1.29 bits per heavy atom. The first-order chi connectivity index (χ1) is 10.2. The first kappa shape index (κ1) is 18.1. The van der Waals surface area contributed by atoms with E-state index in [2.05, 4.69) is 16.6 Å². The third kappa shape index (κ3) is 7.05. The summed E-state index contributed by atoms with van der Waals surface area (Å²) in [6.07, 6.45) is 9.25. The number of aliphatic imine (C=N–C) groups is 1. The van der Waals surface area contributed by atoms with E-state index >= 15 is 0 Å². The van der Waals surface area contributed by atoms with Crippen molar-refractivity contribution < 1.29 is 9.84 Å². The van der Waals surface area contributed by atoms with E-state index in [1.54, 1.807) is 6.92 Å². The molecular formula is C16H31N3O2. The predicted molar refractivity (Wildman–Crippen MR) is 87.2 cm³/mol. The van der Waals surface area contributed by atoms with Gasteiger partial charge in [0.2, 0.25) is 0 Å². The highest BCUT2D eigenvalue weighted by Crippen LogP contribution is 2.23. The van der Waals surface area contributed by atoms with Crippen molar-refractivity contribution in [2.24, 2.45) is 4.99 Å². The van der Waals surface area contributed by atoms with E-state index in [9.17, 15) is 0 Å². The Hall–Kier alpha value is -0.940. The number of likely N-dealkylation sites (tertiary alicyclic amines) is 1. The van der Waals surface area contributed by atoms with Gasteiger partial charge in [0.05, 0.1) is 12.5 Å². The Kier molecular flexibility index (Phi) is 9.26. The third-order valence-corrected chi connectivity index (χ3v) is 3.96. The van der Waals surface area contributed by atoms with Crippen LogP contribution in [-0.2, 0) is 4.74 Å². The number of hydrogen-bond donors (Lipinski definition) is 2. The highest BCUT2D eigenvalue weighted by molar-refractivity contribution is 5.79. The lowest BCUT2D eigenvalue weighted by atomic mass is 9.98. The average Bonchev–Trinajstić information content (AvgIpc) is 3.03. The van der Waals surface area contributed by atoms with E-state index in [1.807, 2.05) is 0 Å². The Labute approximate surface area is 128 Å². The standard InChI is InChI=1S/C14H25N3O.C2H6O/c1-16-14(18-12-7-3-2-4-8-12)11-13(15)17-9-5-6-10-17;1-2-3/h12,14-15H,1-11H2;3H,2H2,1H3. The number of hydrogen-bond acceptors (Lipinski definition) is 4. The van der Waals surface area contributed by atoms with Crippen LogP contribution in [0, 0.1) is 5.41 Å². The molecule has 2 aliphatic rings. The molecule has 1 aliphatic heterocycles. The van der Waals surface area contributed by atoms with E-state index in [-0.39, 0.29) is 12.8 Å². The number of amidine groups is 1. The third-order valence-electron chi connectivity index (χ3n) is 3.96. The molecule has 5 heteroatoms. The number of aliphatic hydroxyl groups is 1. The zero-order valence-electron chi connectivity index (χ0n) is 13.4. The molecule has 0 aromatic heterocycles. The predicted octanol–water partition coefficient (Wildman–Crippen LogP) is 2.82. The van der Waals surface area contributed by atoms with Crippen molar-refractivity contribution in [1.82, 2.24) is 4.90 Å². The fraction of sp³-hybridized carbons (Fsp3) is 0.875. The van der Waals surface area contributed by atoms with E-state index in [1.165, 1.54) is 32.1 Å². The fourth-order valence-electron chi connectivity index (χ4n) is 2.86. The Balaban J connectivity index is 0.000000677. The first-order valence-electron chi connectivity index (χ1n) is 8.25. The summed E-state index contributed by atoms with van der Waals surface area (Å²) in [6.45, 7) is 7.59. The molecule has 1 aliphatic carbocycles. The average molecular weight is 297 g/mol. The molecule has 2 rings (SSSR count). The minimum absolute atomic E-state index is 0.221. The molecule has 122 valence electrons. The summed E-state index contributed by atoms with van der Waals surface area (Å²) in [4.78, 5) is 6.20. The molecule has 0 amide bonds. The molecule has 0 spiro atoms. The van der Waals surface area contributed by atoms with Crippen LogP contribution in [0.5, 0.6) is 0 Å². The van der Waals surface area contributed by atoms with Crippen molar-refractivity contribution in [2.45, 2.75) is 70.6 Å². The van der Waals surface area contributed by atoms with Gasteiger partial charge in [-0.3, -0.25) is 10.4 Å². The second-order valence-electron chi connectivity index (χ2n) is 5.69. The number of rotatable bonds is 5. The molecule has 0 aromatic carbocycles. The molecule has 0 aromatic rings. The zero-order valence-corrected chi connectivity index (χ0v) is 13.4. The van der Waals surface area contributed by atoms with Crippen LogP contribution < -0.4 is 0 Å². The van der Waals surface area contributed by atoms with Crippen LogP contribution in [0.4, 0.5) is 0 Å². The molecule has 2 N–H and O–H groups in total. The maximum atomic E-state index is 8.10. The van der Waals surface area contributed by atoms with Gasteiger partial charge in [0.15, 0.2) is 6.23 Å². The highest BCUT2D eigenvalue weighted by Gasteiger charge is 2.22. The van der Waals surface area contributed by atoms with Gasteiger partial charge in [0.1, 0.15) is 5.84 Å².